The number of hydrogen-bond acceptors (Lipinski definition) is 4. The lowest BCUT2D eigenvalue weighted by molar-refractivity contribution is 0.469. The van der Waals surface area contributed by atoms with E-state index in [4.69, 9.17) is 9.98 Å². The molecule has 4 heteroatoms. The van der Waals surface area contributed by atoms with Crippen molar-refractivity contribution in [3.05, 3.63) is 57.6 Å². The van der Waals surface area contributed by atoms with Crippen LogP contribution in [0.15, 0.2) is 34.3 Å². The number of rotatable bonds is 8. The lowest BCUT2D eigenvalue weighted by Crippen LogP contribution is -2.03. The largest absolute Gasteiger partial charge is 0.507 e. The van der Waals surface area contributed by atoms with E-state index in [1.54, 1.807) is 0 Å². The lowest BCUT2D eigenvalue weighted by Gasteiger charge is -2.09. The third-order valence-corrected chi connectivity index (χ3v) is 6.08. The highest BCUT2D eigenvalue weighted by molar-refractivity contribution is 5.85. The van der Waals surface area contributed by atoms with Gasteiger partial charge in [-0.1, -0.05) is 38.8 Å². The predicted octanol–water partition coefficient (Wildman–Crippen LogP) is 6.08. The van der Waals surface area contributed by atoms with Crippen molar-refractivity contribution >= 4 is 12.4 Å². The molecule has 0 aromatic heterocycles. The van der Waals surface area contributed by atoms with E-state index >= 15 is 0 Å². The van der Waals surface area contributed by atoms with Crippen molar-refractivity contribution in [1.82, 2.24) is 0 Å². The zero-order chi connectivity index (χ0) is 22.4. The van der Waals surface area contributed by atoms with Gasteiger partial charge in [-0.2, -0.15) is 0 Å². The number of nitrogens with zero attached hydrogens (tertiary/aromatic N) is 2. The van der Waals surface area contributed by atoms with Gasteiger partial charge in [0.1, 0.15) is 11.5 Å². The summed E-state index contributed by atoms with van der Waals surface area (Å²) in [7, 11) is 0. The Morgan fingerprint density at radius 1 is 0.774 bits per heavy atom. The summed E-state index contributed by atoms with van der Waals surface area (Å²) in [6.07, 6.45) is 10.7. The summed E-state index contributed by atoms with van der Waals surface area (Å²) in [6.45, 7) is 8.21. The summed E-state index contributed by atoms with van der Waals surface area (Å²) in [5.41, 5.74) is 5.91. The van der Waals surface area contributed by atoms with Crippen molar-refractivity contribution in [2.45, 2.75) is 84.7 Å². The van der Waals surface area contributed by atoms with Crippen LogP contribution in [0.25, 0.3) is 0 Å². The second kappa shape index (κ2) is 10.6. The molecular formula is C27H36N2O2. The first-order valence-electron chi connectivity index (χ1n) is 11.6. The highest BCUT2D eigenvalue weighted by Gasteiger charge is 2.23. The molecule has 2 atom stereocenters. The molecule has 2 aromatic rings. The van der Waals surface area contributed by atoms with Crippen LogP contribution in [0.2, 0.25) is 0 Å². The molecule has 0 amide bonds. The van der Waals surface area contributed by atoms with Crippen molar-refractivity contribution < 1.29 is 10.2 Å². The molecule has 1 saturated carbocycles. The monoisotopic (exact) mass is 420 g/mol. The van der Waals surface area contributed by atoms with Gasteiger partial charge in [-0.3, -0.25) is 9.98 Å². The van der Waals surface area contributed by atoms with Gasteiger partial charge in [0.25, 0.3) is 0 Å². The normalized spacial score (nSPS) is 19.1. The topological polar surface area (TPSA) is 65.2 Å². The van der Waals surface area contributed by atoms with Gasteiger partial charge in [0, 0.05) is 23.6 Å². The summed E-state index contributed by atoms with van der Waals surface area (Å²) in [4.78, 5) is 9.53. The van der Waals surface area contributed by atoms with E-state index in [2.05, 4.69) is 26.0 Å². The lowest BCUT2D eigenvalue weighted by atomic mass is 10.0. The SMILES string of the molecule is CCCc1cc(C)c(O)c(C=NC2CCC(N=Cc3cc(CCC)cc(C)c3O)C2)c1. The summed E-state index contributed by atoms with van der Waals surface area (Å²) in [5.74, 6) is 0.656. The molecule has 1 fully saturated rings. The molecule has 0 heterocycles. The van der Waals surface area contributed by atoms with Crippen LogP contribution in [-0.2, 0) is 12.8 Å². The Balaban J connectivity index is 1.66. The van der Waals surface area contributed by atoms with Gasteiger partial charge in [0.05, 0.1) is 12.1 Å². The minimum absolute atomic E-state index is 0.221. The van der Waals surface area contributed by atoms with Gasteiger partial charge in [-0.15, -0.1) is 0 Å². The number of benzene rings is 2. The minimum atomic E-state index is 0.221. The maximum atomic E-state index is 10.4. The fourth-order valence-corrected chi connectivity index (χ4v) is 4.41. The first-order valence-corrected chi connectivity index (χ1v) is 11.6. The van der Waals surface area contributed by atoms with Gasteiger partial charge in [-0.25, -0.2) is 0 Å². The quantitative estimate of drug-likeness (QED) is 0.508. The molecule has 2 N–H and O–H groups in total. The second-order valence-corrected chi connectivity index (χ2v) is 8.88. The van der Waals surface area contributed by atoms with E-state index in [1.807, 2.05) is 38.4 Å². The van der Waals surface area contributed by atoms with E-state index < -0.39 is 0 Å². The Bertz CT molecular complexity index is 885. The minimum Gasteiger partial charge on any atom is -0.507 e. The Morgan fingerprint density at radius 2 is 1.19 bits per heavy atom. The number of aromatic hydroxyl groups is 2. The van der Waals surface area contributed by atoms with Crippen LogP contribution in [0.4, 0.5) is 0 Å². The summed E-state index contributed by atoms with van der Waals surface area (Å²) in [5, 5.41) is 20.8. The van der Waals surface area contributed by atoms with Crippen LogP contribution < -0.4 is 0 Å². The summed E-state index contributed by atoms with van der Waals surface area (Å²) < 4.78 is 0. The van der Waals surface area contributed by atoms with Crippen molar-refractivity contribution in [2.75, 3.05) is 0 Å². The van der Waals surface area contributed by atoms with Gasteiger partial charge < -0.3 is 10.2 Å². The first-order chi connectivity index (χ1) is 14.9. The number of phenols is 2. The van der Waals surface area contributed by atoms with Crippen molar-refractivity contribution in [3.8, 4) is 11.5 Å². The number of phenolic OH excluding ortho intramolecular Hbond substituents is 2. The molecule has 4 nitrogen and oxygen atoms in total. The Labute approximate surface area is 186 Å². The first kappa shape index (κ1) is 23.1. The maximum Gasteiger partial charge on any atom is 0.127 e. The molecule has 0 spiro atoms. The number of hydrogen-bond donors (Lipinski definition) is 2. The van der Waals surface area contributed by atoms with Gasteiger partial charge in [-0.05, 0) is 80.3 Å². The van der Waals surface area contributed by atoms with E-state index in [0.29, 0.717) is 11.5 Å². The van der Waals surface area contributed by atoms with E-state index in [9.17, 15) is 10.2 Å². The smallest absolute Gasteiger partial charge is 0.127 e. The zero-order valence-electron chi connectivity index (χ0n) is 19.4. The van der Waals surface area contributed by atoms with Gasteiger partial charge >= 0.3 is 0 Å². The molecule has 0 aliphatic heterocycles. The fraction of sp³-hybridized carbons (Fsp3) is 0.481. The standard InChI is InChI=1S/C27H36N2O2/c1-5-7-20-11-18(3)26(30)22(13-20)16-28-24-9-10-25(15-24)29-17-23-14-21(8-6-2)12-19(4)27(23)31/h11-14,16-17,24-25,30-31H,5-10,15H2,1-4H3. The summed E-state index contributed by atoms with van der Waals surface area (Å²) >= 11 is 0. The molecule has 1 aliphatic carbocycles. The molecule has 1 aliphatic rings. The Hall–Kier alpha value is -2.62. The molecule has 3 rings (SSSR count). The number of aliphatic imine (C=N–C) groups is 2. The third-order valence-electron chi connectivity index (χ3n) is 6.08. The average Bonchev–Trinajstić information content (AvgIpc) is 3.19. The number of aryl methyl sites for hydroxylation is 4. The van der Waals surface area contributed by atoms with Crippen LogP contribution in [0, 0.1) is 13.8 Å². The molecule has 2 aromatic carbocycles. The average molecular weight is 421 g/mol. The zero-order valence-corrected chi connectivity index (χ0v) is 19.4. The highest BCUT2D eigenvalue weighted by Crippen LogP contribution is 2.28. The van der Waals surface area contributed by atoms with Crippen LogP contribution in [0.1, 0.15) is 79.3 Å². The molecule has 0 saturated heterocycles. The van der Waals surface area contributed by atoms with Crippen LogP contribution >= 0.6 is 0 Å². The molecule has 2 unspecified atom stereocenters. The molecule has 31 heavy (non-hydrogen) atoms. The molecular weight excluding hydrogens is 384 g/mol. The predicted molar refractivity (Wildman–Crippen MR) is 130 cm³/mol. The fourth-order valence-electron chi connectivity index (χ4n) is 4.41. The molecule has 0 radical (unpaired) electrons. The highest BCUT2D eigenvalue weighted by atomic mass is 16.3. The van der Waals surface area contributed by atoms with Crippen LogP contribution in [-0.4, -0.2) is 34.7 Å². The van der Waals surface area contributed by atoms with Crippen LogP contribution in [0.3, 0.4) is 0 Å². The Kier molecular flexibility index (Phi) is 7.89. The van der Waals surface area contributed by atoms with Crippen molar-refractivity contribution in [3.63, 3.8) is 0 Å². The van der Waals surface area contributed by atoms with E-state index in [1.165, 1.54) is 11.1 Å². The van der Waals surface area contributed by atoms with Gasteiger partial charge in [0.2, 0.25) is 0 Å². The second-order valence-electron chi connectivity index (χ2n) is 8.88. The van der Waals surface area contributed by atoms with E-state index in [-0.39, 0.29) is 12.1 Å². The van der Waals surface area contributed by atoms with Crippen molar-refractivity contribution in [2.24, 2.45) is 9.98 Å². The summed E-state index contributed by atoms with van der Waals surface area (Å²) in [6, 6.07) is 8.66. The Morgan fingerprint density at radius 3 is 1.58 bits per heavy atom. The third kappa shape index (κ3) is 5.96. The molecule has 0 bridgehead atoms. The van der Waals surface area contributed by atoms with Crippen LogP contribution in [0.5, 0.6) is 11.5 Å². The van der Waals surface area contributed by atoms with Crippen molar-refractivity contribution in [1.29, 1.82) is 0 Å². The molecule has 166 valence electrons. The van der Waals surface area contributed by atoms with Gasteiger partial charge in [0.15, 0.2) is 0 Å². The maximum absolute atomic E-state index is 10.4. The van der Waals surface area contributed by atoms with E-state index in [0.717, 1.165) is 67.2 Å².